The molecular weight excluding hydrogens is 356 g/mol. The Hall–Kier alpha value is -3.31. The van der Waals surface area contributed by atoms with E-state index < -0.39 is 16.1 Å². The van der Waals surface area contributed by atoms with Crippen molar-refractivity contribution in [1.29, 1.82) is 0 Å². The summed E-state index contributed by atoms with van der Waals surface area (Å²) in [6, 6.07) is 7.83. The number of terminal acetylenes is 1. The summed E-state index contributed by atoms with van der Waals surface area (Å²) in [5.74, 6) is 2.71. The fourth-order valence-corrected chi connectivity index (χ4v) is 3.29. The number of carbonyl (C=O) groups excluding carboxylic acids is 2. The number of aryl methyl sites for hydroxylation is 1. The molecule has 0 bridgehead atoms. The number of non-ortho nitro benzene ring substituents is 1. The van der Waals surface area contributed by atoms with Crippen LogP contribution in [0.25, 0.3) is 17.4 Å². The monoisotopic (exact) mass is 368 g/mol. The molecule has 3 rings (SSSR count). The summed E-state index contributed by atoms with van der Waals surface area (Å²) in [6.07, 6.45) is 6.63. The Kier molecular flexibility index (Phi) is 4.65. The van der Waals surface area contributed by atoms with Crippen LogP contribution in [-0.2, 0) is 4.79 Å². The average Bonchev–Trinajstić information content (AvgIpc) is 3.15. The van der Waals surface area contributed by atoms with Gasteiger partial charge in [-0.2, -0.15) is 0 Å². The van der Waals surface area contributed by atoms with E-state index in [1.165, 1.54) is 18.2 Å². The zero-order chi connectivity index (χ0) is 18.8. The van der Waals surface area contributed by atoms with E-state index in [4.69, 9.17) is 10.8 Å². The van der Waals surface area contributed by atoms with Crippen LogP contribution in [0.4, 0.5) is 10.5 Å². The van der Waals surface area contributed by atoms with Gasteiger partial charge in [0.05, 0.1) is 16.4 Å². The molecule has 2 amide bonds. The molecule has 2 aromatic rings. The van der Waals surface area contributed by atoms with E-state index in [1.807, 2.05) is 0 Å². The summed E-state index contributed by atoms with van der Waals surface area (Å²) >= 11 is 0.798. The topological polar surface area (TPSA) is 93.7 Å². The Morgan fingerprint density at radius 1 is 1.35 bits per heavy atom. The molecule has 0 N–H and O–H groups in total. The first-order chi connectivity index (χ1) is 12.4. The third-order valence-electron chi connectivity index (χ3n) is 3.71. The van der Waals surface area contributed by atoms with E-state index in [0.29, 0.717) is 22.6 Å². The van der Waals surface area contributed by atoms with Crippen LogP contribution in [0.5, 0.6) is 0 Å². The first-order valence-corrected chi connectivity index (χ1v) is 8.26. The molecule has 1 aliphatic rings. The van der Waals surface area contributed by atoms with Gasteiger partial charge in [0.1, 0.15) is 11.5 Å². The Morgan fingerprint density at radius 3 is 2.77 bits per heavy atom. The van der Waals surface area contributed by atoms with Crippen molar-refractivity contribution >= 4 is 34.7 Å². The number of amides is 2. The lowest BCUT2D eigenvalue weighted by Crippen LogP contribution is -2.28. The van der Waals surface area contributed by atoms with Gasteiger partial charge in [0.15, 0.2) is 0 Å². The summed E-state index contributed by atoms with van der Waals surface area (Å²) < 4.78 is 5.71. The second-order valence-corrected chi connectivity index (χ2v) is 6.42. The van der Waals surface area contributed by atoms with Crippen molar-refractivity contribution in [3.63, 3.8) is 0 Å². The van der Waals surface area contributed by atoms with Gasteiger partial charge < -0.3 is 4.42 Å². The molecular formula is C18H12N2O5S. The Bertz CT molecular complexity index is 999. The van der Waals surface area contributed by atoms with E-state index in [9.17, 15) is 19.7 Å². The van der Waals surface area contributed by atoms with Crippen LogP contribution in [0.1, 0.15) is 11.3 Å². The van der Waals surface area contributed by atoms with Crippen LogP contribution in [-0.4, -0.2) is 27.5 Å². The fourth-order valence-electron chi connectivity index (χ4n) is 2.47. The third-order valence-corrected chi connectivity index (χ3v) is 4.62. The second kappa shape index (κ2) is 6.90. The molecule has 1 aliphatic heterocycles. The molecule has 8 heteroatoms. The minimum Gasteiger partial charge on any atom is -0.457 e. The molecule has 0 atom stereocenters. The SMILES string of the molecule is C#CCN1C(=O)S/C(=C\c2ccc(-c3ccc([N+](=O)[O-])cc3C)o2)C1=O. The molecule has 0 spiro atoms. The normalized spacial score (nSPS) is 15.5. The number of rotatable bonds is 4. The first kappa shape index (κ1) is 17.5. The van der Waals surface area contributed by atoms with Crippen molar-refractivity contribution in [3.05, 3.63) is 56.7 Å². The number of imide groups is 1. The zero-order valence-corrected chi connectivity index (χ0v) is 14.4. The first-order valence-electron chi connectivity index (χ1n) is 7.45. The number of nitro benzene ring substituents is 1. The smallest absolute Gasteiger partial charge is 0.294 e. The summed E-state index contributed by atoms with van der Waals surface area (Å²) in [4.78, 5) is 35.5. The van der Waals surface area contributed by atoms with Crippen molar-refractivity contribution in [2.24, 2.45) is 0 Å². The van der Waals surface area contributed by atoms with Gasteiger partial charge in [-0.1, -0.05) is 5.92 Å². The number of nitro groups is 1. The number of carbonyl (C=O) groups is 2. The van der Waals surface area contributed by atoms with E-state index >= 15 is 0 Å². The van der Waals surface area contributed by atoms with E-state index in [0.717, 1.165) is 16.7 Å². The van der Waals surface area contributed by atoms with Crippen molar-refractivity contribution in [3.8, 4) is 23.7 Å². The maximum Gasteiger partial charge on any atom is 0.294 e. The number of benzene rings is 1. The highest BCUT2D eigenvalue weighted by molar-refractivity contribution is 8.18. The predicted octanol–water partition coefficient (Wildman–Crippen LogP) is 3.83. The summed E-state index contributed by atoms with van der Waals surface area (Å²) in [5, 5.41) is 10.4. The molecule has 1 saturated heterocycles. The molecule has 1 aromatic carbocycles. The standard InChI is InChI=1S/C18H12N2O5S/c1-3-8-19-17(21)16(26-18(19)22)10-13-5-7-15(25-13)14-6-4-12(20(23)24)9-11(14)2/h1,4-7,9-10H,8H2,2H3/b16-10-. The number of furan rings is 1. The lowest BCUT2D eigenvalue weighted by molar-refractivity contribution is -0.384. The number of nitrogens with zero attached hydrogens (tertiary/aromatic N) is 2. The number of hydrogen-bond acceptors (Lipinski definition) is 6. The van der Waals surface area contributed by atoms with Gasteiger partial charge in [0.2, 0.25) is 0 Å². The van der Waals surface area contributed by atoms with Crippen LogP contribution < -0.4 is 0 Å². The van der Waals surface area contributed by atoms with Gasteiger partial charge in [-0.05, 0) is 42.4 Å². The highest BCUT2D eigenvalue weighted by Crippen LogP contribution is 2.34. The Morgan fingerprint density at radius 2 is 2.12 bits per heavy atom. The molecule has 0 aliphatic carbocycles. The second-order valence-electron chi connectivity index (χ2n) is 5.43. The quantitative estimate of drug-likeness (QED) is 0.352. The van der Waals surface area contributed by atoms with Crippen molar-refractivity contribution in [2.75, 3.05) is 6.54 Å². The van der Waals surface area contributed by atoms with Gasteiger partial charge in [-0.15, -0.1) is 6.42 Å². The van der Waals surface area contributed by atoms with Crippen LogP contribution >= 0.6 is 11.8 Å². The minimum absolute atomic E-state index is 0.000201. The summed E-state index contributed by atoms with van der Waals surface area (Å²) in [5.41, 5.74) is 1.39. The van der Waals surface area contributed by atoms with Gasteiger partial charge >= 0.3 is 0 Å². The highest BCUT2D eigenvalue weighted by Gasteiger charge is 2.34. The maximum atomic E-state index is 12.2. The fraction of sp³-hybridized carbons (Fsp3) is 0.111. The lowest BCUT2D eigenvalue weighted by atomic mass is 10.1. The third kappa shape index (κ3) is 3.25. The molecule has 1 aromatic heterocycles. The minimum atomic E-state index is -0.462. The van der Waals surface area contributed by atoms with E-state index in [-0.39, 0.29) is 17.1 Å². The molecule has 0 unspecified atom stereocenters. The molecule has 0 radical (unpaired) electrons. The molecule has 0 saturated carbocycles. The van der Waals surface area contributed by atoms with Crippen LogP contribution in [0.3, 0.4) is 0 Å². The molecule has 7 nitrogen and oxygen atoms in total. The number of thioether (sulfide) groups is 1. The van der Waals surface area contributed by atoms with Gasteiger partial charge in [0, 0.05) is 23.8 Å². The molecule has 1 fully saturated rings. The highest BCUT2D eigenvalue weighted by atomic mass is 32.2. The van der Waals surface area contributed by atoms with E-state index in [1.54, 1.807) is 25.1 Å². The Balaban J connectivity index is 1.87. The van der Waals surface area contributed by atoms with Crippen LogP contribution in [0, 0.1) is 29.4 Å². The molecule has 2 heterocycles. The zero-order valence-electron chi connectivity index (χ0n) is 13.6. The van der Waals surface area contributed by atoms with Crippen molar-refractivity contribution in [1.82, 2.24) is 4.90 Å². The summed E-state index contributed by atoms with van der Waals surface area (Å²) in [7, 11) is 0. The summed E-state index contributed by atoms with van der Waals surface area (Å²) in [6.45, 7) is 1.67. The largest absolute Gasteiger partial charge is 0.457 e. The van der Waals surface area contributed by atoms with Gasteiger partial charge in [-0.3, -0.25) is 24.6 Å². The Labute approximate surface area is 152 Å². The van der Waals surface area contributed by atoms with Crippen molar-refractivity contribution < 1.29 is 18.9 Å². The average molecular weight is 368 g/mol. The van der Waals surface area contributed by atoms with Gasteiger partial charge in [-0.25, -0.2) is 0 Å². The van der Waals surface area contributed by atoms with Crippen LogP contribution in [0.15, 0.2) is 39.7 Å². The van der Waals surface area contributed by atoms with Gasteiger partial charge in [0.25, 0.3) is 16.8 Å². The molecule has 26 heavy (non-hydrogen) atoms. The number of hydrogen-bond donors (Lipinski definition) is 0. The predicted molar refractivity (Wildman–Crippen MR) is 97.0 cm³/mol. The van der Waals surface area contributed by atoms with Crippen molar-refractivity contribution in [2.45, 2.75) is 6.92 Å². The van der Waals surface area contributed by atoms with E-state index in [2.05, 4.69) is 5.92 Å². The maximum absolute atomic E-state index is 12.2. The molecule has 130 valence electrons. The lowest BCUT2D eigenvalue weighted by Gasteiger charge is -2.06. The van der Waals surface area contributed by atoms with Crippen LogP contribution in [0.2, 0.25) is 0 Å².